The molecule has 0 spiro atoms. The van der Waals surface area contributed by atoms with Gasteiger partial charge in [0.2, 0.25) is 0 Å². The molecule has 1 N–H and O–H groups in total. The van der Waals surface area contributed by atoms with Gasteiger partial charge in [0, 0.05) is 11.9 Å². The molecule has 0 amide bonds. The van der Waals surface area contributed by atoms with E-state index >= 15 is 0 Å². The van der Waals surface area contributed by atoms with Crippen LogP contribution < -0.4 is 5.32 Å². The molecule has 1 heterocycles. The van der Waals surface area contributed by atoms with Gasteiger partial charge in [-0.15, -0.1) is 0 Å². The smallest absolute Gasteiger partial charge is 0.130 e. The zero-order chi connectivity index (χ0) is 9.84. The van der Waals surface area contributed by atoms with Gasteiger partial charge in [-0.3, -0.25) is 0 Å². The van der Waals surface area contributed by atoms with Crippen molar-refractivity contribution in [2.75, 3.05) is 5.32 Å². The molecular formula is C11H14N2. The summed E-state index contributed by atoms with van der Waals surface area (Å²) < 4.78 is 0. The zero-order valence-corrected chi connectivity index (χ0v) is 8.09. The molecule has 0 bridgehead atoms. The van der Waals surface area contributed by atoms with Crippen LogP contribution >= 0.6 is 0 Å². The number of hydrogen-bond donors (Lipinski definition) is 1. The van der Waals surface area contributed by atoms with Crippen LogP contribution in [0.1, 0.15) is 12.5 Å². The Hall–Kier alpha value is -1.57. The lowest BCUT2D eigenvalue weighted by Crippen LogP contribution is -2.00. The van der Waals surface area contributed by atoms with Crippen LogP contribution in [0, 0.1) is 6.92 Å². The van der Waals surface area contributed by atoms with E-state index in [0.717, 1.165) is 17.1 Å². The minimum Gasteiger partial charge on any atom is -0.341 e. The number of nitrogens with zero attached hydrogens (tertiary/aromatic N) is 1. The SMILES string of the molecule is C=C(C)C(=C)Nc1cc(C)ccn1. The minimum absolute atomic E-state index is 0.804. The van der Waals surface area contributed by atoms with E-state index in [9.17, 15) is 0 Å². The molecule has 2 nitrogen and oxygen atoms in total. The standard InChI is InChI=1S/C11H14N2/c1-8(2)10(4)13-11-7-9(3)5-6-12-11/h5-7H,1,4H2,2-3H3,(H,12,13). The van der Waals surface area contributed by atoms with E-state index in [-0.39, 0.29) is 0 Å². The highest BCUT2D eigenvalue weighted by atomic mass is 15.0. The van der Waals surface area contributed by atoms with Crippen LogP contribution in [0.5, 0.6) is 0 Å². The van der Waals surface area contributed by atoms with E-state index in [1.54, 1.807) is 6.20 Å². The molecule has 68 valence electrons. The third-order valence-electron chi connectivity index (χ3n) is 1.71. The number of aryl methyl sites for hydroxylation is 1. The molecule has 0 fully saturated rings. The van der Waals surface area contributed by atoms with Crippen molar-refractivity contribution in [2.24, 2.45) is 0 Å². The molecule has 2 heteroatoms. The van der Waals surface area contributed by atoms with E-state index in [1.807, 2.05) is 26.0 Å². The second-order valence-corrected chi connectivity index (χ2v) is 3.10. The van der Waals surface area contributed by atoms with Gasteiger partial charge in [-0.2, -0.15) is 0 Å². The van der Waals surface area contributed by atoms with Gasteiger partial charge in [0.25, 0.3) is 0 Å². The highest BCUT2D eigenvalue weighted by Crippen LogP contribution is 2.11. The average molecular weight is 174 g/mol. The van der Waals surface area contributed by atoms with Crippen LogP contribution in [0.4, 0.5) is 5.82 Å². The van der Waals surface area contributed by atoms with Crippen molar-refractivity contribution in [1.29, 1.82) is 0 Å². The van der Waals surface area contributed by atoms with Crippen LogP contribution in [0.25, 0.3) is 0 Å². The van der Waals surface area contributed by atoms with Gasteiger partial charge in [-0.05, 0) is 37.1 Å². The summed E-state index contributed by atoms with van der Waals surface area (Å²) in [4.78, 5) is 4.15. The Labute approximate surface area is 79.0 Å². The molecule has 0 aliphatic carbocycles. The third-order valence-corrected chi connectivity index (χ3v) is 1.71. The monoisotopic (exact) mass is 174 g/mol. The zero-order valence-electron chi connectivity index (χ0n) is 8.09. The maximum atomic E-state index is 4.15. The topological polar surface area (TPSA) is 24.9 Å². The van der Waals surface area contributed by atoms with Gasteiger partial charge in [0.05, 0.1) is 0 Å². The van der Waals surface area contributed by atoms with Crippen LogP contribution in [-0.2, 0) is 0 Å². The Bertz CT molecular complexity index is 340. The molecule has 1 aromatic heterocycles. The lowest BCUT2D eigenvalue weighted by atomic mass is 10.2. The molecule has 0 saturated carbocycles. The molecule has 0 radical (unpaired) electrons. The van der Waals surface area contributed by atoms with Crippen LogP contribution in [0.2, 0.25) is 0 Å². The number of allylic oxidation sites excluding steroid dienone is 1. The first kappa shape index (κ1) is 9.52. The minimum atomic E-state index is 0.804. The molecule has 0 atom stereocenters. The van der Waals surface area contributed by atoms with Gasteiger partial charge in [0.15, 0.2) is 0 Å². The van der Waals surface area contributed by atoms with Crippen LogP contribution in [-0.4, -0.2) is 4.98 Å². The molecule has 13 heavy (non-hydrogen) atoms. The van der Waals surface area contributed by atoms with Crippen molar-refractivity contribution in [3.63, 3.8) is 0 Å². The Balaban J connectivity index is 2.75. The summed E-state index contributed by atoms with van der Waals surface area (Å²) in [5.41, 5.74) is 2.90. The maximum absolute atomic E-state index is 4.15. The van der Waals surface area contributed by atoms with Gasteiger partial charge >= 0.3 is 0 Å². The quantitative estimate of drug-likeness (QED) is 0.713. The average Bonchev–Trinajstić information content (AvgIpc) is 2.04. The van der Waals surface area contributed by atoms with Gasteiger partial charge in [-0.1, -0.05) is 13.2 Å². The lowest BCUT2D eigenvalue weighted by Gasteiger charge is -2.07. The van der Waals surface area contributed by atoms with Gasteiger partial charge in [0.1, 0.15) is 5.82 Å². The molecular weight excluding hydrogens is 160 g/mol. The summed E-state index contributed by atoms with van der Waals surface area (Å²) in [7, 11) is 0. The first-order valence-corrected chi connectivity index (χ1v) is 4.14. The number of rotatable bonds is 3. The second kappa shape index (κ2) is 3.90. The normalized spacial score (nSPS) is 9.38. The molecule has 1 aromatic rings. The summed E-state index contributed by atoms with van der Waals surface area (Å²) in [6.45, 7) is 11.5. The summed E-state index contributed by atoms with van der Waals surface area (Å²) in [5, 5.41) is 3.08. The molecule has 0 saturated heterocycles. The van der Waals surface area contributed by atoms with Crippen molar-refractivity contribution >= 4 is 5.82 Å². The van der Waals surface area contributed by atoms with Crippen molar-refractivity contribution in [2.45, 2.75) is 13.8 Å². The summed E-state index contributed by atoms with van der Waals surface area (Å²) in [6.07, 6.45) is 1.77. The number of anilines is 1. The molecule has 0 unspecified atom stereocenters. The Kier molecular flexibility index (Phi) is 2.85. The van der Waals surface area contributed by atoms with Crippen molar-refractivity contribution in [3.8, 4) is 0 Å². The summed E-state index contributed by atoms with van der Waals surface area (Å²) in [5.74, 6) is 0.813. The summed E-state index contributed by atoms with van der Waals surface area (Å²) in [6, 6.07) is 3.92. The number of aromatic nitrogens is 1. The fourth-order valence-electron chi connectivity index (χ4n) is 0.866. The van der Waals surface area contributed by atoms with E-state index < -0.39 is 0 Å². The molecule has 1 rings (SSSR count). The summed E-state index contributed by atoms with van der Waals surface area (Å²) >= 11 is 0. The molecule has 0 aromatic carbocycles. The number of hydrogen-bond acceptors (Lipinski definition) is 2. The van der Waals surface area contributed by atoms with Gasteiger partial charge in [-0.25, -0.2) is 4.98 Å². The maximum Gasteiger partial charge on any atom is 0.130 e. The third kappa shape index (κ3) is 2.75. The first-order chi connectivity index (χ1) is 6.09. The van der Waals surface area contributed by atoms with E-state index in [2.05, 4.69) is 23.5 Å². The lowest BCUT2D eigenvalue weighted by molar-refractivity contribution is 1.24. The molecule has 0 aliphatic heterocycles. The number of pyridine rings is 1. The fourth-order valence-corrected chi connectivity index (χ4v) is 0.866. The predicted molar refractivity (Wildman–Crippen MR) is 56.6 cm³/mol. The van der Waals surface area contributed by atoms with Crippen molar-refractivity contribution < 1.29 is 0 Å². The molecule has 0 aliphatic rings. The highest BCUT2D eigenvalue weighted by Gasteiger charge is 1.96. The highest BCUT2D eigenvalue weighted by molar-refractivity contribution is 5.47. The second-order valence-electron chi connectivity index (χ2n) is 3.10. The van der Waals surface area contributed by atoms with Crippen LogP contribution in [0.3, 0.4) is 0 Å². The van der Waals surface area contributed by atoms with Crippen molar-refractivity contribution in [3.05, 3.63) is 48.3 Å². The van der Waals surface area contributed by atoms with E-state index in [1.165, 1.54) is 5.56 Å². The number of nitrogens with one attached hydrogen (secondary N) is 1. The van der Waals surface area contributed by atoms with Gasteiger partial charge < -0.3 is 5.32 Å². The largest absolute Gasteiger partial charge is 0.341 e. The van der Waals surface area contributed by atoms with E-state index in [0.29, 0.717) is 0 Å². The predicted octanol–water partition coefficient (Wildman–Crippen LogP) is 2.89. The van der Waals surface area contributed by atoms with Crippen molar-refractivity contribution in [1.82, 2.24) is 4.98 Å². The Morgan fingerprint density at radius 1 is 1.46 bits per heavy atom. The van der Waals surface area contributed by atoms with Crippen LogP contribution in [0.15, 0.2) is 42.8 Å². The first-order valence-electron chi connectivity index (χ1n) is 4.14. The van der Waals surface area contributed by atoms with E-state index in [4.69, 9.17) is 0 Å². The fraction of sp³-hybridized carbons (Fsp3) is 0.182. The Morgan fingerprint density at radius 3 is 2.69 bits per heavy atom. The Morgan fingerprint density at radius 2 is 2.15 bits per heavy atom.